The van der Waals surface area contributed by atoms with Crippen LogP contribution in [0.5, 0.6) is 5.75 Å². The van der Waals surface area contributed by atoms with Gasteiger partial charge in [-0.25, -0.2) is 4.68 Å². The Bertz CT molecular complexity index is 970. The second-order valence-electron chi connectivity index (χ2n) is 7.45. The summed E-state index contributed by atoms with van der Waals surface area (Å²) in [6.07, 6.45) is 2.29. The van der Waals surface area contributed by atoms with Gasteiger partial charge in [-0.2, -0.15) is 5.10 Å². The lowest BCUT2D eigenvalue weighted by Gasteiger charge is -2.19. The van der Waals surface area contributed by atoms with Gasteiger partial charge in [-0.05, 0) is 80.6 Å². The van der Waals surface area contributed by atoms with E-state index in [4.69, 9.17) is 4.74 Å². The molecule has 1 aliphatic rings. The number of ether oxygens (including phenoxy) is 1. The fourth-order valence-electron chi connectivity index (χ4n) is 3.58. The first kappa shape index (κ1) is 18.3. The van der Waals surface area contributed by atoms with Crippen LogP contribution in [0, 0.1) is 19.8 Å². The summed E-state index contributed by atoms with van der Waals surface area (Å²) in [5, 5.41) is 7.72. The molecule has 5 heteroatoms. The summed E-state index contributed by atoms with van der Waals surface area (Å²) in [4.78, 5) is 12.8. The van der Waals surface area contributed by atoms with Crippen LogP contribution in [0.2, 0.25) is 0 Å². The molecule has 0 unspecified atom stereocenters. The molecule has 0 aliphatic heterocycles. The van der Waals surface area contributed by atoms with Crippen LogP contribution in [0.25, 0.3) is 5.69 Å². The summed E-state index contributed by atoms with van der Waals surface area (Å²) >= 11 is 0. The fraction of sp³-hybridized carbons (Fsp3) is 0.304. The Morgan fingerprint density at radius 3 is 2.32 bits per heavy atom. The Balaban J connectivity index is 1.50. The first-order valence-electron chi connectivity index (χ1n) is 9.63. The Morgan fingerprint density at radius 1 is 1.11 bits per heavy atom. The maximum atomic E-state index is 12.8. The minimum atomic E-state index is -0.0485. The second kappa shape index (κ2) is 7.50. The van der Waals surface area contributed by atoms with Crippen LogP contribution >= 0.6 is 0 Å². The summed E-state index contributed by atoms with van der Waals surface area (Å²) in [7, 11) is 1.66. The van der Waals surface area contributed by atoms with Crippen molar-refractivity contribution in [2.45, 2.75) is 32.7 Å². The van der Waals surface area contributed by atoms with Gasteiger partial charge in [-0.3, -0.25) is 4.79 Å². The summed E-state index contributed by atoms with van der Waals surface area (Å²) < 4.78 is 7.13. The topological polar surface area (TPSA) is 56.1 Å². The zero-order chi connectivity index (χ0) is 19.7. The van der Waals surface area contributed by atoms with Crippen LogP contribution in [-0.4, -0.2) is 22.8 Å². The molecule has 1 N–H and O–H groups in total. The molecule has 1 aromatic heterocycles. The number of aryl methyl sites for hydroxylation is 2. The van der Waals surface area contributed by atoms with Gasteiger partial charge in [-0.15, -0.1) is 0 Å². The Morgan fingerprint density at radius 2 is 1.79 bits per heavy atom. The molecule has 1 fully saturated rings. The third kappa shape index (κ3) is 3.79. The largest absolute Gasteiger partial charge is 0.497 e. The average molecular weight is 375 g/mol. The number of hydrogen-bond donors (Lipinski definition) is 1. The van der Waals surface area contributed by atoms with E-state index in [2.05, 4.69) is 10.4 Å². The first-order valence-corrected chi connectivity index (χ1v) is 9.63. The van der Waals surface area contributed by atoms with E-state index in [1.807, 2.05) is 73.1 Å². The normalized spacial score (nSPS) is 14.5. The summed E-state index contributed by atoms with van der Waals surface area (Å²) in [6.45, 7) is 4.00. The molecule has 1 heterocycles. The van der Waals surface area contributed by atoms with E-state index < -0.39 is 0 Å². The number of carbonyl (C=O) groups is 1. The van der Waals surface area contributed by atoms with Gasteiger partial charge in [0, 0.05) is 11.3 Å². The monoisotopic (exact) mass is 375 g/mol. The number of aromatic nitrogens is 2. The van der Waals surface area contributed by atoms with E-state index in [-0.39, 0.29) is 11.9 Å². The second-order valence-corrected chi connectivity index (χ2v) is 7.45. The van der Waals surface area contributed by atoms with Gasteiger partial charge in [0.1, 0.15) is 5.75 Å². The molecule has 1 atom stereocenters. The number of hydrogen-bond acceptors (Lipinski definition) is 3. The highest BCUT2D eigenvalue weighted by Crippen LogP contribution is 2.41. The Labute approximate surface area is 165 Å². The Hall–Kier alpha value is -3.08. The third-order valence-corrected chi connectivity index (χ3v) is 5.24. The van der Waals surface area contributed by atoms with Gasteiger partial charge in [0.25, 0.3) is 5.91 Å². The lowest BCUT2D eigenvalue weighted by Crippen LogP contribution is -2.29. The lowest BCUT2D eigenvalue weighted by molar-refractivity contribution is 0.0931. The summed E-state index contributed by atoms with van der Waals surface area (Å²) in [5.74, 6) is 1.28. The van der Waals surface area contributed by atoms with E-state index in [0.717, 1.165) is 41.2 Å². The number of nitrogens with one attached hydrogen (secondary N) is 1. The lowest BCUT2D eigenvalue weighted by atomic mass is 10.0. The molecule has 5 nitrogen and oxygen atoms in total. The molecular weight excluding hydrogens is 350 g/mol. The molecule has 0 bridgehead atoms. The van der Waals surface area contributed by atoms with E-state index in [1.54, 1.807) is 7.11 Å². The van der Waals surface area contributed by atoms with Gasteiger partial charge < -0.3 is 10.1 Å². The van der Waals surface area contributed by atoms with E-state index in [9.17, 15) is 4.79 Å². The van der Waals surface area contributed by atoms with Gasteiger partial charge in [0.05, 0.1) is 24.5 Å². The highest BCUT2D eigenvalue weighted by atomic mass is 16.5. The van der Waals surface area contributed by atoms with Crippen molar-refractivity contribution in [2.24, 2.45) is 5.92 Å². The summed E-state index contributed by atoms with van der Waals surface area (Å²) in [6, 6.07) is 17.6. The highest BCUT2D eigenvalue weighted by molar-refractivity contribution is 5.94. The van der Waals surface area contributed by atoms with Crippen molar-refractivity contribution in [3.8, 4) is 11.4 Å². The van der Waals surface area contributed by atoms with Gasteiger partial charge >= 0.3 is 0 Å². The molecular formula is C23H25N3O2. The third-order valence-electron chi connectivity index (χ3n) is 5.24. The maximum Gasteiger partial charge on any atom is 0.251 e. The van der Waals surface area contributed by atoms with Gasteiger partial charge in [-0.1, -0.05) is 12.1 Å². The van der Waals surface area contributed by atoms with Crippen LogP contribution in [0.3, 0.4) is 0 Å². The smallest absolute Gasteiger partial charge is 0.251 e. The molecule has 0 spiro atoms. The number of carbonyl (C=O) groups excluding carboxylic acids is 1. The molecule has 144 valence electrons. The zero-order valence-electron chi connectivity index (χ0n) is 16.5. The molecule has 2 aromatic carbocycles. The van der Waals surface area contributed by atoms with E-state index >= 15 is 0 Å². The Kier molecular flexibility index (Phi) is 4.90. The van der Waals surface area contributed by atoms with Crippen molar-refractivity contribution in [3.05, 3.63) is 77.1 Å². The molecule has 28 heavy (non-hydrogen) atoms. The number of rotatable bonds is 6. The van der Waals surface area contributed by atoms with Crippen molar-refractivity contribution >= 4 is 5.91 Å². The van der Waals surface area contributed by atoms with E-state index in [1.165, 1.54) is 0 Å². The van der Waals surface area contributed by atoms with Crippen LogP contribution in [0.1, 0.15) is 46.2 Å². The standard InChI is InChI=1S/C23H25N3O2/c1-15-14-16(2)26(25-15)20-10-6-19(7-11-20)23(27)24-22(17-4-5-17)18-8-12-21(28-3)13-9-18/h6-14,17,22H,4-5H2,1-3H3,(H,24,27)/t22-/m0/s1. The van der Waals surface area contributed by atoms with Crippen LogP contribution < -0.4 is 10.1 Å². The van der Waals surface area contributed by atoms with Crippen molar-refractivity contribution in [2.75, 3.05) is 7.11 Å². The molecule has 1 amide bonds. The minimum absolute atomic E-state index is 0.0362. The van der Waals surface area contributed by atoms with E-state index in [0.29, 0.717) is 11.5 Å². The molecule has 0 saturated heterocycles. The van der Waals surface area contributed by atoms with Crippen LogP contribution in [0.15, 0.2) is 54.6 Å². The quantitative estimate of drug-likeness (QED) is 0.696. The van der Waals surface area contributed by atoms with Crippen molar-refractivity contribution < 1.29 is 9.53 Å². The molecule has 4 rings (SSSR count). The maximum absolute atomic E-state index is 12.8. The van der Waals surface area contributed by atoms with Crippen molar-refractivity contribution in [1.82, 2.24) is 15.1 Å². The van der Waals surface area contributed by atoms with Crippen molar-refractivity contribution in [3.63, 3.8) is 0 Å². The number of benzene rings is 2. The summed E-state index contributed by atoms with van der Waals surface area (Å²) in [5.41, 5.74) is 4.78. The predicted octanol–water partition coefficient (Wildman–Crippen LogP) is 4.38. The van der Waals surface area contributed by atoms with Crippen LogP contribution in [0.4, 0.5) is 0 Å². The average Bonchev–Trinajstić information content (AvgIpc) is 3.50. The molecule has 0 radical (unpaired) electrons. The van der Waals surface area contributed by atoms with Gasteiger partial charge in [0.15, 0.2) is 0 Å². The van der Waals surface area contributed by atoms with Gasteiger partial charge in [0.2, 0.25) is 0 Å². The van der Waals surface area contributed by atoms with Crippen molar-refractivity contribution in [1.29, 1.82) is 0 Å². The highest BCUT2D eigenvalue weighted by Gasteiger charge is 2.33. The first-order chi connectivity index (χ1) is 13.5. The van der Waals surface area contributed by atoms with Crippen LogP contribution in [-0.2, 0) is 0 Å². The SMILES string of the molecule is COc1ccc([C@@H](NC(=O)c2ccc(-n3nc(C)cc3C)cc2)C2CC2)cc1. The zero-order valence-corrected chi connectivity index (χ0v) is 16.5. The number of amides is 1. The predicted molar refractivity (Wildman–Crippen MR) is 109 cm³/mol. The fourth-order valence-corrected chi connectivity index (χ4v) is 3.58. The number of methoxy groups -OCH3 is 1. The molecule has 1 saturated carbocycles. The molecule has 3 aromatic rings. The minimum Gasteiger partial charge on any atom is -0.497 e. The number of nitrogens with zero attached hydrogens (tertiary/aromatic N) is 2. The molecule has 1 aliphatic carbocycles.